The first-order valence-electron chi connectivity index (χ1n) is 5.53. The molecule has 2 amide bonds. The highest BCUT2D eigenvalue weighted by Gasteiger charge is 2.30. The van der Waals surface area contributed by atoms with Crippen LogP contribution in [0.4, 0.5) is 0 Å². The van der Waals surface area contributed by atoms with Gasteiger partial charge in [0.1, 0.15) is 6.04 Å². The second-order valence-corrected chi connectivity index (χ2v) is 4.22. The lowest BCUT2D eigenvalue weighted by Crippen LogP contribution is -2.42. The highest BCUT2D eigenvalue weighted by atomic mass is 16.3. The van der Waals surface area contributed by atoms with Crippen molar-refractivity contribution in [2.24, 2.45) is 0 Å². The van der Waals surface area contributed by atoms with Crippen LogP contribution in [0.2, 0.25) is 0 Å². The van der Waals surface area contributed by atoms with Crippen molar-refractivity contribution in [2.45, 2.75) is 39.3 Å². The van der Waals surface area contributed by atoms with Crippen molar-refractivity contribution in [2.75, 3.05) is 0 Å². The van der Waals surface area contributed by atoms with Gasteiger partial charge in [-0.3, -0.25) is 19.6 Å². The summed E-state index contributed by atoms with van der Waals surface area (Å²) in [4.78, 5) is 22.8. The van der Waals surface area contributed by atoms with Gasteiger partial charge in [0.2, 0.25) is 5.91 Å². The molecule has 1 fully saturated rings. The molecule has 92 valence electrons. The molecule has 1 unspecified atom stereocenters. The third kappa shape index (κ3) is 1.95. The number of carbonyl (C=O) groups is 2. The number of nitrogens with zero attached hydrogens (tertiary/aromatic N) is 2. The zero-order chi connectivity index (χ0) is 12.6. The summed E-state index contributed by atoms with van der Waals surface area (Å²) in [6.45, 7) is 3.52. The Balaban J connectivity index is 2.34. The minimum absolute atomic E-state index is 0.0923. The van der Waals surface area contributed by atoms with Gasteiger partial charge in [0.15, 0.2) is 0 Å². The second kappa shape index (κ2) is 4.29. The smallest absolute Gasteiger partial charge is 0.251 e. The van der Waals surface area contributed by atoms with Gasteiger partial charge >= 0.3 is 0 Å². The molecule has 6 heteroatoms. The molecule has 1 atom stereocenters. The van der Waals surface area contributed by atoms with Gasteiger partial charge in [-0.1, -0.05) is 0 Å². The summed E-state index contributed by atoms with van der Waals surface area (Å²) in [5.74, 6) is -0.563. The molecule has 2 heterocycles. The third-order valence-electron chi connectivity index (χ3n) is 3.14. The first kappa shape index (κ1) is 11.8. The van der Waals surface area contributed by atoms with Crippen LogP contribution in [0.3, 0.4) is 0 Å². The van der Waals surface area contributed by atoms with Crippen LogP contribution >= 0.6 is 0 Å². The van der Waals surface area contributed by atoms with Gasteiger partial charge in [-0.2, -0.15) is 5.10 Å². The van der Waals surface area contributed by atoms with Gasteiger partial charge in [-0.15, -0.1) is 0 Å². The van der Waals surface area contributed by atoms with Crippen LogP contribution in [0.15, 0.2) is 0 Å². The first-order valence-corrected chi connectivity index (χ1v) is 5.53. The molecule has 6 nitrogen and oxygen atoms in total. The zero-order valence-corrected chi connectivity index (χ0v) is 9.86. The Hall–Kier alpha value is -1.69. The minimum Gasteiger partial charge on any atom is -0.392 e. The largest absolute Gasteiger partial charge is 0.392 e. The number of carbonyl (C=O) groups excluding carboxylic acids is 2. The lowest BCUT2D eigenvalue weighted by molar-refractivity contribution is -0.136. The van der Waals surface area contributed by atoms with Gasteiger partial charge in [-0.25, -0.2) is 0 Å². The van der Waals surface area contributed by atoms with E-state index in [1.807, 2.05) is 6.92 Å². The Labute approximate surface area is 98.6 Å². The summed E-state index contributed by atoms with van der Waals surface area (Å²) in [6, 6.07) is -0.452. The van der Waals surface area contributed by atoms with Crippen LogP contribution in [0.5, 0.6) is 0 Å². The average Bonchev–Trinajstić information content (AvgIpc) is 2.54. The van der Waals surface area contributed by atoms with Gasteiger partial charge in [-0.05, 0) is 20.3 Å². The van der Waals surface area contributed by atoms with Gasteiger partial charge in [0.25, 0.3) is 5.91 Å². The summed E-state index contributed by atoms with van der Waals surface area (Å²) in [5, 5.41) is 15.8. The monoisotopic (exact) mass is 237 g/mol. The van der Waals surface area contributed by atoms with Crippen LogP contribution < -0.4 is 5.32 Å². The number of hydrogen-bond donors (Lipinski definition) is 2. The fraction of sp³-hybridized carbons (Fsp3) is 0.545. The molecule has 17 heavy (non-hydrogen) atoms. The summed E-state index contributed by atoms with van der Waals surface area (Å²) < 4.78 is 1.60. The van der Waals surface area contributed by atoms with E-state index in [4.69, 9.17) is 0 Å². The molecule has 0 spiro atoms. The maximum absolute atomic E-state index is 11.7. The number of aryl methyl sites for hydroxylation is 1. The maximum atomic E-state index is 11.7. The van der Waals surface area contributed by atoms with Crippen LogP contribution in [0, 0.1) is 13.8 Å². The first-order chi connectivity index (χ1) is 8.04. The summed E-state index contributed by atoms with van der Waals surface area (Å²) in [6.07, 6.45) is 0.778. The molecule has 0 aromatic carbocycles. The van der Waals surface area contributed by atoms with E-state index >= 15 is 0 Å². The number of imide groups is 1. The van der Waals surface area contributed by atoms with E-state index in [-0.39, 0.29) is 18.4 Å². The molecule has 0 saturated carbocycles. The van der Waals surface area contributed by atoms with Crippen molar-refractivity contribution in [1.29, 1.82) is 0 Å². The molecule has 0 radical (unpaired) electrons. The second-order valence-electron chi connectivity index (χ2n) is 4.22. The average molecular weight is 237 g/mol. The number of aliphatic hydroxyl groups excluding tert-OH is 1. The molecule has 0 bridgehead atoms. The van der Waals surface area contributed by atoms with E-state index in [9.17, 15) is 14.7 Å². The van der Waals surface area contributed by atoms with Crippen molar-refractivity contribution < 1.29 is 14.7 Å². The third-order valence-corrected chi connectivity index (χ3v) is 3.14. The zero-order valence-electron chi connectivity index (χ0n) is 9.86. The van der Waals surface area contributed by atoms with E-state index < -0.39 is 6.04 Å². The number of aliphatic hydroxyl groups is 1. The SMILES string of the molecule is Cc1nn(C2CCC(=O)NC2=O)c(C)c1CO. The molecule has 0 aliphatic carbocycles. The number of hydrogen-bond acceptors (Lipinski definition) is 4. The highest BCUT2D eigenvalue weighted by molar-refractivity contribution is 5.99. The van der Waals surface area contributed by atoms with Gasteiger partial charge in [0, 0.05) is 17.7 Å². The van der Waals surface area contributed by atoms with Crippen LogP contribution in [-0.2, 0) is 16.2 Å². The topological polar surface area (TPSA) is 84.2 Å². The highest BCUT2D eigenvalue weighted by Crippen LogP contribution is 2.23. The summed E-state index contributed by atoms with van der Waals surface area (Å²) in [5.41, 5.74) is 2.24. The number of piperidine rings is 1. The fourth-order valence-electron chi connectivity index (χ4n) is 2.14. The number of rotatable bonds is 2. The van der Waals surface area contributed by atoms with E-state index in [0.717, 1.165) is 17.0 Å². The molecule has 1 aromatic rings. The number of nitrogens with one attached hydrogen (secondary N) is 1. The Morgan fingerprint density at radius 2 is 2.18 bits per heavy atom. The van der Waals surface area contributed by atoms with Crippen molar-refractivity contribution >= 4 is 11.8 Å². The Morgan fingerprint density at radius 3 is 2.71 bits per heavy atom. The molecule has 2 N–H and O–H groups in total. The van der Waals surface area contributed by atoms with E-state index in [2.05, 4.69) is 10.4 Å². The maximum Gasteiger partial charge on any atom is 0.251 e. The summed E-state index contributed by atoms with van der Waals surface area (Å²) in [7, 11) is 0. The van der Waals surface area contributed by atoms with Crippen molar-refractivity contribution in [3.8, 4) is 0 Å². The quantitative estimate of drug-likeness (QED) is 0.707. The van der Waals surface area contributed by atoms with Gasteiger partial charge < -0.3 is 5.11 Å². The number of amides is 2. The van der Waals surface area contributed by atoms with E-state index in [0.29, 0.717) is 12.8 Å². The van der Waals surface area contributed by atoms with Crippen molar-refractivity contribution in [1.82, 2.24) is 15.1 Å². The summed E-state index contributed by atoms with van der Waals surface area (Å²) >= 11 is 0. The lowest BCUT2D eigenvalue weighted by atomic mass is 10.1. The molecule has 1 aliphatic heterocycles. The Kier molecular flexibility index (Phi) is 2.97. The lowest BCUT2D eigenvalue weighted by Gasteiger charge is -2.22. The van der Waals surface area contributed by atoms with E-state index in [1.165, 1.54) is 0 Å². The minimum atomic E-state index is -0.452. The fourth-order valence-corrected chi connectivity index (χ4v) is 2.14. The van der Waals surface area contributed by atoms with Crippen molar-refractivity contribution in [3.63, 3.8) is 0 Å². The molecule has 2 rings (SSSR count). The van der Waals surface area contributed by atoms with Crippen LogP contribution in [0.25, 0.3) is 0 Å². The van der Waals surface area contributed by atoms with Gasteiger partial charge in [0.05, 0.1) is 12.3 Å². The molecule has 1 saturated heterocycles. The van der Waals surface area contributed by atoms with E-state index in [1.54, 1.807) is 11.6 Å². The number of aromatic nitrogens is 2. The van der Waals surface area contributed by atoms with Crippen LogP contribution in [0.1, 0.15) is 35.8 Å². The molecule has 1 aliphatic rings. The molecule has 1 aromatic heterocycles. The standard InChI is InChI=1S/C11H15N3O3/c1-6-8(5-15)7(2)14(13-6)9-3-4-10(16)12-11(9)17/h9,15H,3-5H2,1-2H3,(H,12,16,17). The predicted octanol–water partition coefficient (Wildman–Crippen LogP) is -0.0301. The Bertz CT molecular complexity index is 479. The molecular formula is C11H15N3O3. The Morgan fingerprint density at radius 1 is 1.47 bits per heavy atom. The van der Waals surface area contributed by atoms with Crippen LogP contribution in [-0.4, -0.2) is 26.7 Å². The predicted molar refractivity (Wildman–Crippen MR) is 59.0 cm³/mol. The van der Waals surface area contributed by atoms with Crippen molar-refractivity contribution in [3.05, 3.63) is 17.0 Å². The normalized spacial score (nSPS) is 20.5. The molecular weight excluding hydrogens is 222 g/mol.